The van der Waals surface area contributed by atoms with Crippen molar-refractivity contribution in [3.05, 3.63) is 180 Å². The van der Waals surface area contributed by atoms with Crippen molar-refractivity contribution in [1.29, 1.82) is 0 Å². The Labute approximate surface area is 303 Å². The van der Waals surface area contributed by atoms with Gasteiger partial charge in [-0.1, -0.05) is 127 Å². The van der Waals surface area contributed by atoms with E-state index in [9.17, 15) is 0 Å². The molecule has 0 radical (unpaired) electrons. The van der Waals surface area contributed by atoms with E-state index in [0.717, 1.165) is 55.6 Å². The fraction of sp³-hybridized carbons (Fsp3) is 0.0213. The third-order valence-electron chi connectivity index (χ3n) is 10.3. The third kappa shape index (κ3) is 4.53. The normalized spacial score (nSPS) is 14.7. The van der Waals surface area contributed by atoms with Crippen molar-refractivity contribution in [2.45, 2.75) is 6.17 Å². The molecule has 1 unspecified atom stereocenters. The van der Waals surface area contributed by atoms with Gasteiger partial charge in [0.15, 0.2) is 5.84 Å². The van der Waals surface area contributed by atoms with E-state index in [-0.39, 0.29) is 6.17 Å². The zero-order chi connectivity index (χ0) is 34.2. The molecule has 1 aliphatic heterocycles. The first-order valence-corrected chi connectivity index (χ1v) is 18.3. The van der Waals surface area contributed by atoms with Gasteiger partial charge in [0.1, 0.15) is 23.2 Å². The van der Waals surface area contributed by atoms with Crippen LogP contribution >= 0.6 is 11.3 Å². The number of hydrogen-bond acceptors (Lipinski definition) is 5. The first-order chi connectivity index (χ1) is 25.8. The summed E-state index contributed by atoms with van der Waals surface area (Å²) in [6, 6.07) is 57.9. The largest absolute Gasteiger partial charge is 0.456 e. The average Bonchev–Trinajstić information content (AvgIpc) is 3.79. The molecule has 52 heavy (non-hydrogen) atoms. The quantitative estimate of drug-likeness (QED) is 0.188. The minimum atomic E-state index is -0.376. The van der Waals surface area contributed by atoms with Crippen molar-refractivity contribution < 1.29 is 4.42 Å². The predicted octanol–water partition coefficient (Wildman–Crippen LogP) is 12.4. The molecule has 0 amide bonds. The number of fused-ring (bicyclic) bond motifs is 9. The van der Waals surface area contributed by atoms with Crippen LogP contribution in [0.25, 0.3) is 74.8 Å². The molecule has 2 aromatic heterocycles. The highest BCUT2D eigenvalue weighted by atomic mass is 32.1. The summed E-state index contributed by atoms with van der Waals surface area (Å²) in [6.07, 6.45) is -0.376. The highest BCUT2D eigenvalue weighted by molar-refractivity contribution is 7.25. The van der Waals surface area contributed by atoms with E-state index in [1.807, 2.05) is 23.5 Å². The third-order valence-corrected chi connectivity index (χ3v) is 11.5. The van der Waals surface area contributed by atoms with Crippen LogP contribution in [0.4, 0.5) is 0 Å². The molecule has 0 spiro atoms. The molecule has 1 aliphatic rings. The summed E-state index contributed by atoms with van der Waals surface area (Å²) in [5, 5.41) is 13.2. The Hall–Kier alpha value is -6.56. The van der Waals surface area contributed by atoms with E-state index in [4.69, 9.17) is 14.4 Å². The summed E-state index contributed by atoms with van der Waals surface area (Å²) in [7, 11) is 0. The molecule has 0 saturated carbocycles. The molecule has 244 valence electrons. The molecule has 8 aromatic carbocycles. The zero-order valence-corrected chi connectivity index (χ0v) is 28.7. The van der Waals surface area contributed by atoms with Gasteiger partial charge in [-0.05, 0) is 69.1 Å². The van der Waals surface area contributed by atoms with Crippen LogP contribution in [0, 0.1) is 0 Å². The van der Waals surface area contributed by atoms with Gasteiger partial charge in [-0.3, -0.25) is 0 Å². The van der Waals surface area contributed by atoms with E-state index in [1.54, 1.807) is 0 Å². The Morgan fingerprint density at radius 1 is 0.500 bits per heavy atom. The Bertz CT molecular complexity index is 3120. The number of furan rings is 1. The number of nitrogens with one attached hydrogen (secondary N) is 1. The fourth-order valence-corrected chi connectivity index (χ4v) is 9.05. The van der Waals surface area contributed by atoms with Crippen LogP contribution in [-0.2, 0) is 0 Å². The van der Waals surface area contributed by atoms with Crippen molar-refractivity contribution in [3.63, 3.8) is 0 Å². The van der Waals surface area contributed by atoms with Crippen LogP contribution in [0.1, 0.15) is 22.9 Å². The maximum atomic E-state index is 6.60. The Balaban J connectivity index is 1.16. The first-order valence-electron chi connectivity index (χ1n) is 17.5. The van der Waals surface area contributed by atoms with E-state index in [1.165, 1.54) is 41.7 Å². The van der Waals surface area contributed by atoms with Gasteiger partial charge in [0, 0.05) is 47.6 Å². The van der Waals surface area contributed by atoms with E-state index in [0.29, 0.717) is 5.84 Å². The van der Waals surface area contributed by atoms with Gasteiger partial charge in [-0.15, -0.1) is 11.3 Å². The predicted molar refractivity (Wildman–Crippen MR) is 219 cm³/mol. The Morgan fingerprint density at radius 2 is 1.17 bits per heavy atom. The second kappa shape index (κ2) is 11.5. The molecular weight excluding hydrogens is 655 g/mol. The summed E-state index contributed by atoms with van der Waals surface area (Å²) < 4.78 is 9.19. The van der Waals surface area contributed by atoms with Crippen LogP contribution in [0.15, 0.2) is 178 Å². The Morgan fingerprint density at radius 3 is 2.02 bits per heavy atom. The molecule has 0 saturated heterocycles. The maximum absolute atomic E-state index is 6.60. The van der Waals surface area contributed by atoms with Crippen LogP contribution in [0.5, 0.6) is 0 Å². The van der Waals surface area contributed by atoms with E-state index < -0.39 is 0 Å². The smallest absolute Gasteiger partial charge is 0.160 e. The summed E-state index contributed by atoms with van der Waals surface area (Å²) in [4.78, 5) is 10.7. The van der Waals surface area contributed by atoms with Gasteiger partial charge in [-0.2, -0.15) is 0 Å². The molecule has 1 atom stereocenters. The standard InChI is InChI=1S/C47H29N3OS/c1-2-12-28(13-3-1)45-48-46(50-47(49-45)38-27-29-14-4-5-15-31(29)33-16-6-7-17-34(33)38)36-20-11-22-40-44(36)43-32(19-10-21-39(43)51-40)30-24-25-42-37(26-30)35-18-8-9-23-41(35)52-42/h1-27,47H,(H,48,49,50). The van der Waals surface area contributed by atoms with Gasteiger partial charge in [0.25, 0.3) is 0 Å². The van der Waals surface area contributed by atoms with Crippen molar-refractivity contribution in [3.8, 4) is 11.1 Å². The van der Waals surface area contributed by atoms with Crippen molar-refractivity contribution in [2.24, 2.45) is 9.98 Å². The number of amidine groups is 2. The highest BCUT2D eigenvalue weighted by Gasteiger charge is 2.26. The van der Waals surface area contributed by atoms with Crippen molar-refractivity contribution in [1.82, 2.24) is 5.32 Å². The number of thiophene rings is 1. The van der Waals surface area contributed by atoms with Crippen LogP contribution < -0.4 is 5.32 Å². The molecule has 4 nitrogen and oxygen atoms in total. The minimum absolute atomic E-state index is 0.376. The van der Waals surface area contributed by atoms with Crippen LogP contribution in [-0.4, -0.2) is 11.7 Å². The van der Waals surface area contributed by atoms with E-state index in [2.05, 4.69) is 157 Å². The molecule has 11 rings (SSSR count). The molecule has 5 heteroatoms. The second-order valence-corrected chi connectivity index (χ2v) is 14.4. The summed E-state index contributed by atoms with van der Waals surface area (Å²) in [5.74, 6) is 1.45. The van der Waals surface area contributed by atoms with Gasteiger partial charge >= 0.3 is 0 Å². The minimum Gasteiger partial charge on any atom is -0.456 e. The van der Waals surface area contributed by atoms with Gasteiger partial charge in [0.05, 0.1) is 0 Å². The van der Waals surface area contributed by atoms with Crippen LogP contribution in [0.3, 0.4) is 0 Å². The number of rotatable bonds is 4. The summed E-state index contributed by atoms with van der Waals surface area (Å²) in [5.41, 5.74) is 6.99. The average molecular weight is 684 g/mol. The fourth-order valence-electron chi connectivity index (χ4n) is 7.97. The van der Waals surface area contributed by atoms with Gasteiger partial charge in [0.2, 0.25) is 0 Å². The number of hydrogen-bond donors (Lipinski definition) is 1. The topological polar surface area (TPSA) is 49.9 Å². The SMILES string of the molecule is c1ccc(C2=NC(c3cccc4oc5cccc(-c6ccc7sc8ccccc8c7c6)c5c34)=NC(c3cc4ccccc4c4ccccc34)N2)cc1. The lowest BCUT2D eigenvalue weighted by molar-refractivity contribution is 0.668. The lowest BCUT2D eigenvalue weighted by Crippen LogP contribution is -2.33. The molecule has 10 aromatic rings. The zero-order valence-electron chi connectivity index (χ0n) is 27.9. The molecule has 1 N–H and O–H groups in total. The van der Waals surface area contributed by atoms with Crippen LogP contribution in [0.2, 0.25) is 0 Å². The van der Waals surface area contributed by atoms with Gasteiger partial charge < -0.3 is 9.73 Å². The summed E-state index contributed by atoms with van der Waals surface area (Å²) >= 11 is 1.84. The second-order valence-electron chi connectivity index (χ2n) is 13.3. The first kappa shape index (κ1) is 29.2. The molecular formula is C47H29N3OS. The Kier molecular flexibility index (Phi) is 6.45. The monoisotopic (exact) mass is 683 g/mol. The maximum Gasteiger partial charge on any atom is 0.160 e. The summed E-state index contributed by atoms with van der Waals surface area (Å²) in [6.45, 7) is 0. The number of nitrogens with zero attached hydrogens (tertiary/aromatic N) is 2. The number of aliphatic imine (C=N–C) groups is 2. The molecule has 3 heterocycles. The van der Waals surface area contributed by atoms with Crippen molar-refractivity contribution in [2.75, 3.05) is 0 Å². The lowest BCUT2D eigenvalue weighted by Gasteiger charge is -2.25. The van der Waals surface area contributed by atoms with Crippen molar-refractivity contribution >= 4 is 86.7 Å². The molecule has 0 aliphatic carbocycles. The number of benzene rings is 8. The lowest BCUT2D eigenvalue weighted by atomic mass is 9.95. The highest BCUT2D eigenvalue weighted by Crippen LogP contribution is 2.42. The van der Waals surface area contributed by atoms with Gasteiger partial charge in [-0.25, -0.2) is 9.98 Å². The van der Waals surface area contributed by atoms with E-state index >= 15 is 0 Å². The molecule has 0 bridgehead atoms. The molecule has 0 fully saturated rings.